The van der Waals surface area contributed by atoms with Crippen LogP contribution in [0, 0.1) is 40.4 Å². The van der Waals surface area contributed by atoms with Crippen LogP contribution < -0.4 is 0 Å². The van der Waals surface area contributed by atoms with E-state index in [2.05, 4.69) is 40.7 Å². The highest BCUT2D eigenvalue weighted by Crippen LogP contribution is 2.66. The van der Waals surface area contributed by atoms with E-state index >= 15 is 0 Å². The Bertz CT molecular complexity index is 775. The van der Waals surface area contributed by atoms with Gasteiger partial charge < -0.3 is 10.2 Å². The zero-order valence-electron chi connectivity index (χ0n) is 20.4. The van der Waals surface area contributed by atoms with Gasteiger partial charge in [-0.2, -0.15) is 0 Å². The molecule has 0 aliphatic heterocycles. The molecule has 3 nitrogen and oxygen atoms in total. The summed E-state index contributed by atoms with van der Waals surface area (Å²) in [5.41, 5.74) is 5.14. The van der Waals surface area contributed by atoms with Gasteiger partial charge >= 0.3 is 5.97 Å². The third kappa shape index (κ3) is 3.73. The van der Waals surface area contributed by atoms with Crippen LogP contribution in [0.3, 0.4) is 0 Å². The van der Waals surface area contributed by atoms with Crippen molar-refractivity contribution in [2.45, 2.75) is 105 Å². The number of aliphatic carboxylic acids is 1. The van der Waals surface area contributed by atoms with Gasteiger partial charge in [-0.25, -0.2) is 0 Å². The van der Waals surface area contributed by atoms with Gasteiger partial charge in [-0.05, 0) is 113 Å². The molecule has 0 spiro atoms. The smallest absolute Gasteiger partial charge is 0.309 e. The minimum atomic E-state index is -0.792. The molecule has 3 heteroatoms. The minimum Gasteiger partial charge on any atom is -0.481 e. The molecule has 0 aromatic heterocycles. The number of aliphatic hydroxyl groups excluding tert-OH is 1. The molecule has 0 saturated heterocycles. The number of hydrogen-bond acceptors (Lipinski definition) is 2. The molecule has 2 N–H and O–H groups in total. The molecule has 0 bridgehead atoms. The predicted octanol–water partition coefficient (Wildman–Crippen LogP) is 6.76. The van der Waals surface area contributed by atoms with E-state index in [1.54, 1.807) is 11.1 Å². The third-order valence-electron chi connectivity index (χ3n) is 10.3. The molecule has 2 saturated carbocycles. The van der Waals surface area contributed by atoms with Crippen molar-refractivity contribution in [3.63, 3.8) is 0 Å². The molecule has 4 aliphatic carbocycles. The first-order chi connectivity index (χ1) is 14.6. The van der Waals surface area contributed by atoms with Crippen molar-refractivity contribution in [3.05, 3.63) is 22.8 Å². The van der Waals surface area contributed by atoms with Crippen molar-refractivity contribution >= 4 is 5.97 Å². The first-order valence-electron chi connectivity index (χ1n) is 12.9. The highest BCUT2D eigenvalue weighted by molar-refractivity contribution is 5.72. The van der Waals surface area contributed by atoms with Crippen LogP contribution in [-0.2, 0) is 4.79 Å². The normalized spacial score (nSPS) is 43.0. The van der Waals surface area contributed by atoms with Crippen molar-refractivity contribution < 1.29 is 15.0 Å². The molecule has 0 heterocycles. The first-order valence-corrected chi connectivity index (χ1v) is 12.9. The molecule has 174 valence electrons. The van der Waals surface area contributed by atoms with Crippen molar-refractivity contribution in [1.82, 2.24) is 0 Å². The second kappa shape index (κ2) is 8.36. The fourth-order valence-electron chi connectivity index (χ4n) is 8.71. The topological polar surface area (TPSA) is 57.5 Å². The highest BCUT2D eigenvalue weighted by atomic mass is 16.4. The van der Waals surface area contributed by atoms with Crippen LogP contribution in [0.15, 0.2) is 22.8 Å². The van der Waals surface area contributed by atoms with Gasteiger partial charge in [0, 0.05) is 0 Å². The molecule has 4 aliphatic rings. The van der Waals surface area contributed by atoms with Crippen LogP contribution in [0.1, 0.15) is 98.8 Å². The summed E-state index contributed by atoms with van der Waals surface area (Å²) in [5.74, 6) is 0.979. The average Bonchev–Trinajstić information content (AvgIpc) is 3.05. The van der Waals surface area contributed by atoms with Gasteiger partial charge in [0.2, 0.25) is 0 Å². The van der Waals surface area contributed by atoms with Gasteiger partial charge in [0.25, 0.3) is 0 Å². The molecular weight excluding hydrogens is 384 g/mol. The molecule has 3 unspecified atom stereocenters. The van der Waals surface area contributed by atoms with E-state index in [4.69, 9.17) is 0 Å². The molecule has 2 fully saturated rings. The molecule has 8 atom stereocenters. The summed E-state index contributed by atoms with van der Waals surface area (Å²) in [4.78, 5) is 12.0. The standard InChI is InChI=1S/C28H44O3/c1-17(2)7-6-8-18(3)20-11-12-21-19-9-10-23-25(26(30)31)24(29)14-16-28(23,5)22(19)13-15-27(20,21)4/h7,18,20-21,23-25,29H,6,8-16H2,1-5H3,(H,30,31)/t18-,20-,21+,23?,24?,25?,27-,28-/m1/s1. The second-order valence-corrected chi connectivity index (χ2v) is 12.1. The number of rotatable bonds is 5. The Morgan fingerprint density at radius 3 is 2.55 bits per heavy atom. The fourth-order valence-corrected chi connectivity index (χ4v) is 8.71. The maximum absolute atomic E-state index is 12.0. The van der Waals surface area contributed by atoms with E-state index in [0.29, 0.717) is 17.8 Å². The largest absolute Gasteiger partial charge is 0.481 e. The number of hydrogen-bond donors (Lipinski definition) is 2. The lowest BCUT2D eigenvalue weighted by Gasteiger charge is -2.56. The average molecular weight is 429 g/mol. The van der Waals surface area contributed by atoms with E-state index in [1.165, 1.54) is 37.7 Å². The predicted molar refractivity (Wildman–Crippen MR) is 126 cm³/mol. The molecule has 0 radical (unpaired) electrons. The molecule has 0 aromatic carbocycles. The van der Waals surface area contributed by atoms with Gasteiger partial charge in [-0.1, -0.05) is 43.6 Å². The van der Waals surface area contributed by atoms with Crippen molar-refractivity contribution in [2.75, 3.05) is 0 Å². The highest BCUT2D eigenvalue weighted by Gasteiger charge is 2.58. The van der Waals surface area contributed by atoms with Crippen LogP contribution >= 0.6 is 0 Å². The number of fused-ring (bicyclic) bond motifs is 4. The van der Waals surface area contributed by atoms with Crippen molar-refractivity contribution in [3.8, 4) is 0 Å². The number of aliphatic hydroxyl groups is 1. The van der Waals surface area contributed by atoms with Crippen LogP contribution in [-0.4, -0.2) is 22.3 Å². The van der Waals surface area contributed by atoms with E-state index in [1.807, 2.05) is 0 Å². The summed E-state index contributed by atoms with van der Waals surface area (Å²) < 4.78 is 0. The van der Waals surface area contributed by atoms with Gasteiger partial charge in [0.15, 0.2) is 0 Å². The summed E-state index contributed by atoms with van der Waals surface area (Å²) in [6.45, 7) is 11.8. The second-order valence-electron chi connectivity index (χ2n) is 12.1. The monoisotopic (exact) mass is 428 g/mol. The Labute approximate surface area is 189 Å². The molecule has 0 amide bonds. The van der Waals surface area contributed by atoms with Gasteiger partial charge in [0.1, 0.15) is 0 Å². The van der Waals surface area contributed by atoms with Crippen LogP contribution in [0.5, 0.6) is 0 Å². The van der Waals surface area contributed by atoms with E-state index in [9.17, 15) is 15.0 Å². The fraction of sp³-hybridized carbons (Fsp3) is 0.821. The number of carboxylic acid groups (broad SMARTS) is 1. The first kappa shape index (κ1) is 23.1. The van der Waals surface area contributed by atoms with Crippen LogP contribution in [0.25, 0.3) is 0 Å². The van der Waals surface area contributed by atoms with Gasteiger partial charge in [0.05, 0.1) is 12.0 Å². The Morgan fingerprint density at radius 1 is 1.13 bits per heavy atom. The summed E-state index contributed by atoms with van der Waals surface area (Å²) >= 11 is 0. The zero-order valence-corrected chi connectivity index (χ0v) is 20.4. The third-order valence-corrected chi connectivity index (χ3v) is 10.3. The SMILES string of the molecule is CC(C)=CCC[C@@H](C)[C@H]1CC[C@H]2C3=C(CC[C@]12C)[C@@]1(C)CCC(O)C(C(=O)O)C1CC3. The van der Waals surface area contributed by atoms with Crippen LogP contribution in [0.4, 0.5) is 0 Å². The summed E-state index contributed by atoms with van der Waals surface area (Å²) in [5, 5.41) is 20.3. The lowest BCUT2D eigenvalue weighted by Crippen LogP contribution is -2.51. The number of allylic oxidation sites excluding steroid dienone is 4. The van der Waals surface area contributed by atoms with E-state index < -0.39 is 18.0 Å². The lowest BCUT2D eigenvalue weighted by atomic mass is 9.48. The summed E-state index contributed by atoms with van der Waals surface area (Å²) in [6, 6.07) is 0. The van der Waals surface area contributed by atoms with E-state index in [-0.39, 0.29) is 11.3 Å². The quantitative estimate of drug-likeness (QED) is 0.475. The van der Waals surface area contributed by atoms with Crippen molar-refractivity contribution in [2.24, 2.45) is 40.4 Å². The van der Waals surface area contributed by atoms with Gasteiger partial charge in [-0.15, -0.1) is 0 Å². The molecular formula is C28H44O3. The lowest BCUT2D eigenvalue weighted by molar-refractivity contribution is -0.156. The van der Waals surface area contributed by atoms with Gasteiger partial charge in [-0.3, -0.25) is 4.79 Å². The Hall–Kier alpha value is -1.09. The maximum atomic E-state index is 12.0. The number of carboxylic acids is 1. The van der Waals surface area contributed by atoms with Crippen molar-refractivity contribution in [1.29, 1.82) is 0 Å². The summed E-state index contributed by atoms with van der Waals surface area (Å²) in [6.07, 6.45) is 12.9. The zero-order chi connectivity index (χ0) is 22.6. The van der Waals surface area contributed by atoms with Crippen LogP contribution in [0.2, 0.25) is 0 Å². The Morgan fingerprint density at radius 2 is 1.87 bits per heavy atom. The molecule has 0 aromatic rings. The summed E-state index contributed by atoms with van der Waals surface area (Å²) in [7, 11) is 0. The molecule has 4 rings (SSSR count). The van der Waals surface area contributed by atoms with E-state index in [0.717, 1.165) is 37.5 Å². The molecule has 31 heavy (non-hydrogen) atoms. The minimum absolute atomic E-state index is 0.0235. The Balaban J connectivity index is 1.59. The Kier molecular flexibility index (Phi) is 6.22. The number of carbonyl (C=O) groups is 1. The maximum Gasteiger partial charge on any atom is 0.309 e.